The number of para-hydroxylation sites is 4. The molecule has 0 saturated carbocycles. The molecule has 19 heteroatoms. The fraction of sp³-hybridized carbons (Fsp3) is 0.436. The van der Waals surface area contributed by atoms with Crippen LogP contribution in [0.5, 0.6) is 0 Å². The summed E-state index contributed by atoms with van der Waals surface area (Å²) in [4.78, 5) is 32.3. The van der Waals surface area contributed by atoms with Gasteiger partial charge in [0.1, 0.15) is 29.9 Å². The van der Waals surface area contributed by atoms with Crippen molar-refractivity contribution in [3.05, 3.63) is 72.3 Å². The van der Waals surface area contributed by atoms with Crippen LogP contribution in [0.3, 0.4) is 0 Å². The van der Waals surface area contributed by atoms with Crippen LogP contribution in [0.25, 0.3) is 34.0 Å². The van der Waals surface area contributed by atoms with Crippen LogP contribution in [0, 0.1) is 0 Å². The monoisotopic (exact) mass is 830 g/mol. The summed E-state index contributed by atoms with van der Waals surface area (Å²) in [6, 6.07) is 19.3. The van der Waals surface area contributed by atoms with Crippen LogP contribution < -0.4 is 9.80 Å². The average Bonchev–Trinajstić information content (AvgIpc) is 3.75. The van der Waals surface area contributed by atoms with E-state index in [9.17, 15) is 13.5 Å². The molecule has 6 heterocycles. The minimum absolute atomic E-state index is 0.129. The van der Waals surface area contributed by atoms with E-state index in [-0.39, 0.29) is 18.7 Å². The van der Waals surface area contributed by atoms with Crippen molar-refractivity contribution < 1.29 is 23.0 Å². The Morgan fingerprint density at radius 2 is 1.10 bits per heavy atom. The summed E-state index contributed by atoms with van der Waals surface area (Å²) in [5.41, 5.74) is 3.35. The number of benzene rings is 2. The molecule has 2 aliphatic rings. The molecule has 58 heavy (non-hydrogen) atoms. The number of aliphatic hydroxyl groups is 1. The smallest absolute Gasteiger partial charge is 0.239 e. The minimum atomic E-state index is -2.41. The predicted octanol–water partition coefficient (Wildman–Crippen LogP) is 4.85. The third-order valence-electron chi connectivity index (χ3n) is 9.44. The first-order chi connectivity index (χ1) is 27.7. The maximum atomic E-state index is 12.4. The van der Waals surface area contributed by atoms with Gasteiger partial charge in [-0.15, -0.1) is 0 Å². The molecule has 2 fully saturated rings. The first-order valence-corrected chi connectivity index (χ1v) is 23.7. The summed E-state index contributed by atoms with van der Waals surface area (Å²) in [6.07, 6.45) is 7.09. The van der Waals surface area contributed by atoms with Gasteiger partial charge >= 0.3 is 0 Å². The number of anilines is 2. The zero-order valence-corrected chi connectivity index (χ0v) is 35.5. The van der Waals surface area contributed by atoms with Gasteiger partial charge in [0, 0.05) is 76.1 Å². The second-order valence-corrected chi connectivity index (χ2v) is 19.9. The molecular weight excluding hydrogens is 781 g/mol. The Kier molecular flexibility index (Phi) is 12.1. The van der Waals surface area contributed by atoms with Crippen molar-refractivity contribution in [2.24, 2.45) is 8.73 Å². The lowest BCUT2D eigenvalue weighted by Crippen LogP contribution is -2.44. The second-order valence-electron chi connectivity index (χ2n) is 14.8. The fourth-order valence-corrected chi connectivity index (χ4v) is 8.02. The van der Waals surface area contributed by atoms with Gasteiger partial charge in [-0.3, -0.25) is 9.13 Å². The van der Waals surface area contributed by atoms with E-state index in [4.69, 9.17) is 24.4 Å². The molecule has 2 saturated heterocycles. The molecule has 0 radical (unpaired) electrons. The highest BCUT2D eigenvalue weighted by Gasteiger charge is 2.25. The molecule has 308 valence electrons. The first kappa shape index (κ1) is 41.1. The topological polar surface area (TPSA) is 191 Å². The van der Waals surface area contributed by atoms with E-state index in [2.05, 4.69) is 54.2 Å². The van der Waals surface area contributed by atoms with E-state index >= 15 is 0 Å². The van der Waals surface area contributed by atoms with Gasteiger partial charge in [0.05, 0.1) is 60.6 Å². The highest BCUT2D eigenvalue weighted by atomic mass is 32.2. The van der Waals surface area contributed by atoms with Crippen LogP contribution in [0.4, 0.5) is 23.3 Å². The van der Waals surface area contributed by atoms with Gasteiger partial charge in [-0.05, 0) is 38.1 Å². The van der Waals surface area contributed by atoms with Crippen LogP contribution in [0.1, 0.15) is 32.4 Å². The molecule has 1 N–H and O–H groups in total. The maximum Gasteiger partial charge on any atom is 0.239 e. The lowest BCUT2D eigenvalue weighted by atomic mass is 10.2. The van der Waals surface area contributed by atoms with Crippen molar-refractivity contribution in [3.63, 3.8) is 0 Å². The molecule has 0 amide bonds. The van der Waals surface area contributed by atoms with Crippen molar-refractivity contribution in [1.82, 2.24) is 39.0 Å². The number of aryl methyl sites for hydroxylation is 1. The van der Waals surface area contributed by atoms with E-state index < -0.39 is 19.5 Å². The van der Waals surface area contributed by atoms with Crippen LogP contribution in [-0.2, 0) is 42.0 Å². The predicted molar refractivity (Wildman–Crippen MR) is 228 cm³/mol. The number of hydrogen-bond acceptors (Lipinski definition) is 15. The number of rotatable bonds is 8. The Hall–Kier alpha value is -5.08. The van der Waals surface area contributed by atoms with Crippen LogP contribution in [-0.4, -0.2) is 129 Å². The minimum Gasteiger partial charge on any atom is -0.388 e. The molecule has 17 nitrogen and oxygen atoms in total. The molecule has 0 aliphatic carbocycles. The largest absolute Gasteiger partial charge is 0.388 e. The Balaban J connectivity index is 0.000000177. The third-order valence-corrected chi connectivity index (χ3v) is 10.7. The van der Waals surface area contributed by atoms with Crippen molar-refractivity contribution >= 4 is 64.8 Å². The van der Waals surface area contributed by atoms with Crippen LogP contribution in [0.15, 0.2) is 69.4 Å². The number of aromatic nitrogens is 8. The molecule has 2 atom stereocenters. The van der Waals surface area contributed by atoms with Crippen molar-refractivity contribution in [3.8, 4) is 11.9 Å². The summed E-state index contributed by atoms with van der Waals surface area (Å²) in [7, 11) is -4.78. The van der Waals surface area contributed by atoms with Gasteiger partial charge in [-0.2, -0.15) is 28.7 Å². The quantitative estimate of drug-likeness (QED) is 0.219. The van der Waals surface area contributed by atoms with Gasteiger partial charge in [-0.25, -0.2) is 18.4 Å². The number of fused-ring (bicyclic) bond motifs is 2. The molecule has 0 bridgehead atoms. The maximum absolute atomic E-state index is 12.4. The third kappa shape index (κ3) is 9.28. The van der Waals surface area contributed by atoms with Gasteiger partial charge in [0.2, 0.25) is 11.9 Å². The van der Waals surface area contributed by atoms with E-state index in [1.165, 1.54) is 0 Å². The number of ether oxygens (including phenoxy) is 2. The fourth-order valence-electron chi connectivity index (χ4n) is 6.93. The first-order valence-electron chi connectivity index (χ1n) is 19.1. The normalized spacial score (nSPS) is 17.7. The number of imidazole rings is 2. The Labute approximate surface area is 338 Å². The molecule has 6 aromatic rings. The number of nitrogens with zero attached hydrogens (tertiary/aromatic N) is 12. The molecule has 8 rings (SSSR count). The molecular formula is C39H50N12O5S2. The highest BCUT2D eigenvalue weighted by molar-refractivity contribution is 7.92. The Bertz CT molecular complexity index is 2500. The molecule has 2 aromatic carbocycles. The van der Waals surface area contributed by atoms with Crippen LogP contribution >= 0.6 is 0 Å². The SMILES string of the molecule is CCc1nc2ccccc2n1-c1nc(N=S(C)(C)=O)cc(N2CCOC[C@H]2C)n1.C[C@@H]1COCCN1c1cc(N=S(C)(C)=O)nc(-n2c(CO)nc3ccccc32)n1. The van der Waals surface area contributed by atoms with Crippen molar-refractivity contribution in [2.75, 3.05) is 74.3 Å². The average molecular weight is 831 g/mol. The molecule has 2 aliphatic heterocycles. The standard InChI is InChI=1S/C20H26N6O2S.C19H24N6O3S/c1-5-18-21-15-8-6-7-9-16(15)26(18)20-22-17(24-29(3,4)27)12-19(23-20)25-10-11-28-13-14(25)2;1-13-12-28-9-8-24(13)17-10-16(23-29(2,3)27)21-19(22-17)25-15-7-5-4-6-14(15)20-18(25)11-26/h6-9,12,14H,5,10-11,13H2,1-4H3;4-7,10,13,26H,8-9,11-12H2,1-3H3/t14-;13-/m11/s1. The van der Waals surface area contributed by atoms with Crippen molar-refractivity contribution in [2.45, 2.75) is 45.9 Å². The van der Waals surface area contributed by atoms with Gasteiger partial charge in [0.15, 0.2) is 11.6 Å². The van der Waals surface area contributed by atoms with Crippen molar-refractivity contribution in [1.29, 1.82) is 0 Å². The number of morpholine rings is 2. The lowest BCUT2D eigenvalue weighted by molar-refractivity contribution is 0.0985. The van der Waals surface area contributed by atoms with Gasteiger partial charge < -0.3 is 24.4 Å². The summed E-state index contributed by atoms with van der Waals surface area (Å²) in [5.74, 6) is 4.31. The summed E-state index contributed by atoms with van der Waals surface area (Å²) in [6.45, 7) is 9.85. The summed E-state index contributed by atoms with van der Waals surface area (Å²) in [5, 5.41) is 9.86. The zero-order chi connectivity index (χ0) is 41.2. The summed E-state index contributed by atoms with van der Waals surface area (Å²) >= 11 is 0. The molecule has 0 unspecified atom stereocenters. The summed E-state index contributed by atoms with van der Waals surface area (Å²) < 4.78 is 48.1. The van der Waals surface area contributed by atoms with E-state index in [1.807, 2.05) is 59.2 Å². The molecule has 4 aromatic heterocycles. The van der Waals surface area contributed by atoms with E-state index in [0.29, 0.717) is 68.1 Å². The lowest BCUT2D eigenvalue weighted by Gasteiger charge is -2.34. The zero-order valence-electron chi connectivity index (χ0n) is 33.8. The number of aliphatic hydroxyl groups excluding tert-OH is 1. The Morgan fingerprint density at radius 1 is 0.672 bits per heavy atom. The van der Waals surface area contributed by atoms with Gasteiger partial charge in [-0.1, -0.05) is 31.2 Å². The molecule has 0 spiro atoms. The highest BCUT2D eigenvalue weighted by Crippen LogP contribution is 2.29. The van der Waals surface area contributed by atoms with E-state index in [0.717, 1.165) is 46.7 Å². The van der Waals surface area contributed by atoms with E-state index in [1.54, 1.807) is 35.7 Å². The number of hydrogen-bond donors (Lipinski definition) is 1. The van der Waals surface area contributed by atoms with Gasteiger partial charge in [0.25, 0.3) is 0 Å². The van der Waals surface area contributed by atoms with Crippen LogP contribution in [0.2, 0.25) is 0 Å². The second kappa shape index (κ2) is 17.0. The Morgan fingerprint density at radius 3 is 1.52 bits per heavy atom.